The molecule has 0 fully saturated rings. The van der Waals surface area contributed by atoms with Gasteiger partial charge < -0.3 is 5.11 Å². The minimum absolute atomic E-state index is 0.341. The van der Waals surface area contributed by atoms with Crippen molar-refractivity contribution >= 4 is 5.97 Å². The SMILES string of the molecule is CCCCCCCC1=C(CCCCCCCC(=O)O)C1. The Labute approximate surface area is 124 Å². The molecule has 0 bridgehead atoms. The fraction of sp³-hybridized carbons (Fsp3) is 0.833. The van der Waals surface area contributed by atoms with Gasteiger partial charge in [-0.3, -0.25) is 4.79 Å². The molecule has 0 aromatic rings. The lowest BCUT2D eigenvalue weighted by atomic mass is 10.1. The number of allylic oxidation sites excluding steroid dienone is 2. The molecule has 0 unspecified atom stereocenters. The van der Waals surface area contributed by atoms with E-state index < -0.39 is 5.97 Å². The lowest BCUT2D eigenvalue weighted by molar-refractivity contribution is -0.137. The van der Waals surface area contributed by atoms with Gasteiger partial charge in [0.15, 0.2) is 0 Å². The second kappa shape index (κ2) is 10.9. The Kier molecular flexibility index (Phi) is 9.44. The van der Waals surface area contributed by atoms with E-state index in [1.807, 2.05) is 0 Å². The monoisotopic (exact) mass is 280 g/mol. The second-order valence-electron chi connectivity index (χ2n) is 6.21. The first kappa shape index (κ1) is 17.3. The number of carboxylic acids is 1. The maximum Gasteiger partial charge on any atom is 0.303 e. The molecular weight excluding hydrogens is 248 g/mol. The van der Waals surface area contributed by atoms with Crippen LogP contribution in [-0.2, 0) is 4.79 Å². The predicted molar refractivity (Wildman–Crippen MR) is 85.0 cm³/mol. The normalized spacial score (nSPS) is 13.8. The Morgan fingerprint density at radius 2 is 1.35 bits per heavy atom. The summed E-state index contributed by atoms with van der Waals surface area (Å²) < 4.78 is 0. The van der Waals surface area contributed by atoms with Crippen molar-refractivity contribution in [2.75, 3.05) is 0 Å². The van der Waals surface area contributed by atoms with Gasteiger partial charge in [-0.25, -0.2) is 0 Å². The van der Waals surface area contributed by atoms with Crippen LogP contribution in [0.15, 0.2) is 11.1 Å². The van der Waals surface area contributed by atoms with Gasteiger partial charge >= 0.3 is 5.97 Å². The zero-order valence-corrected chi connectivity index (χ0v) is 13.3. The summed E-state index contributed by atoms with van der Waals surface area (Å²) >= 11 is 0. The lowest BCUT2D eigenvalue weighted by Crippen LogP contribution is -1.93. The van der Waals surface area contributed by atoms with Crippen molar-refractivity contribution in [2.24, 2.45) is 0 Å². The summed E-state index contributed by atoms with van der Waals surface area (Å²) in [5.41, 5.74) is 3.50. The molecule has 1 aliphatic carbocycles. The molecule has 0 radical (unpaired) electrons. The summed E-state index contributed by atoms with van der Waals surface area (Å²) in [5.74, 6) is -0.656. The molecule has 0 spiro atoms. The fourth-order valence-electron chi connectivity index (χ4n) is 2.83. The van der Waals surface area contributed by atoms with Crippen LogP contribution < -0.4 is 0 Å². The Morgan fingerprint density at radius 3 is 1.90 bits per heavy atom. The zero-order chi connectivity index (χ0) is 14.6. The molecule has 2 heteroatoms. The van der Waals surface area contributed by atoms with Crippen LogP contribution in [0, 0.1) is 0 Å². The van der Waals surface area contributed by atoms with Crippen molar-refractivity contribution in [3.8, 4) is 0 Å². The summed E-state index contributed by atoms with van der Waals surface area (Å²) in [6.45, 7) is 2.27. The average molecular weight is 280 g/mol. The molecule has 0 saturated heterocycles. The van der Waals surface area contributed by atoms with Gasteiger partial charge in [0, 0.05) is 6.42 Å². The first-order valence-electron chi connectivity index (χ1n) is 8.65. The minimum Gasteiger partial charge on any atom is -0.481 e. The molecule has 1 N–H and O–H groups in total. The van der Waals surface area contributed by atoms with Crippen molar-refractivity contribution in [1.29, 1.82) is 0 Å². The third-order valence-corrected chi connectivity index (χ3v) is 4.25. The molecular formula is C18H32O2. The van der Waals surface area contributed by atoms with Crippen LogP contribution in [-0.4, -0.2) is 11.1 Å². The van der Waals surface area contributed by atoms with Crippen molar-refractivity contribution in [2.45, 2.75) is 96.8 Å². The van der Waals surface area contributed by atoms with Gasteiger partial charge in [0.25, 0.3) is 0 Å². The number of hydrogen-bond donors (Lipinski definition) is 1. The summed E-state index contributed by atoms with van der Waals surface area (Å²) in [6.07, 6.45) is 17.0. The van der Waals surface area contributed by atoms with Crippen molar-refractivity contribution in [1.82, 2.24) is 0 Å². The molecule has 116 valence electrons. The predicted octanol–water partition coefficient (Wildman–Crippen LogP) is 5.86. The number of carbonyl (C=O) groups is 1. The highest BCUT2D eigenvalue weighted by atomic mass is 16.4. The second-order valence-corrected chi connectivity index (χ2v) is 6.21. The first-order chi connectivity index (χ1) is 9.74. The smallest absolute Gasteiger partial charge is 0.303 e. The summed E-state index contributed by atoms with van der Waals surface area (Å²) in [5, 5.41) is 8.54. The van der Waals surface area contributed by atoms with Gasteiger partial charge in [0.2, 0.25) is 0 Å². The number of carboxylic acid groups (broad SMARTS) is 1. The Morgan fingerprint density at radius 1 is 0.850 bits per heavy atom. The molecule has 0 heterocycles. The number of hydrogen-bond acceptors (Lipinski definition) is 1. The molecule has 0 amide bonds. The molecule has 0 atom stereocenters. The van der Waals surface area contributed by atoms with E-state index in [-0.39, 0.29) is 0 Å². The average Bonchev–Trinajstić information content (AvgIpc) is 3.15. The van der Waals surface area contributed by atoms with E-state index in [4.69, 9.17) is 5.11 Å². The molecule has 0 aromatic heterocycles. The third-order valence-electron chi connectivity index (χ3n) is 4.25. The van der Waals surface area contributed by atoms with Crippen molar-refractivity contribution in [3.63, 3.8) is 0 Å². The number of rotatable bonds is 14. The Hall–Kier alpha value is -0.790. The highest BCUT2D eigenvalue weighted by Gasteiger charge is 2.19. The quantitative estimate of drug-likeness (QED) is 0.319. The highest BCUT2D eigenvalue weighted by molar-refractivity contribution is 5.66. The van der Waals surface area contributed by atoms with E-state index in [2.05, 4.69) is 6.92 Å². The van der Waals surface area contributed by atoms with E-state index in [1.165, 1.54) is 70.6 Å². The molecule has 1 aliphatic rings. The third kappa shape index (κ3) is 9.17. The van der Waals surface area contributed by atoms with Crippen LogP contribution in [0.4, 0.5) is 0 Å². The van der Waals surface area contributed by atoms with Crippen molar-refractivity contribution < 1.29 is 9.90 Å². The lowest BCUT2D eigenvalue weighted by Gasteiger charge is -1.98. The van der Waals surface area contributed by atoms with Crippen LogP contribution in [0.5, 0.6) is 0 Å². The van der Waals surface area contributed by atoms with Gasteiger partial charge in [0.1, 0.15) is 0 Å². The standard InChI is InChI=1S/C18H32O2/c1-2-3-4-6-9-12-16-15-17(16)13-10-7-5-8-11-14-18(19)20/h2-15H2,1H3,(H,19,20). The van der Waals surface area contributed by atoms with Gasteiger partial charge in [-0.2, -0.15) is 0 Å². The van der Waals surface area contributed by atoms with E-state index >= 15 is 0 Å². The maximum absolute atomic E-state index is 10.4. The van der Waals surface area contributed by atoms with E-state index in [0.29, 0.717) is 6.42 Å². The van der Waals surface area contributed by atoms with Crippen LogP contribution in [0.3, 0.4) is 0 Å². The van der Waals surface area contributed by atoms with Crippen LogP contribution in [0.1, 0.15) is 96.8 Å². The van der Waals surface area contributed by atoms with E-state index in [9.17, 15) is 4.79 Å². The topological polar surface area (TPSA) is 37.3 Å². The van der Waals surface area contributed by atoms with Crippen LogP contribution >= 0.6 is 0 Å². The molecule has 20 heavy (non-hydrogen) atoms. The van der Waals surface area contributed by atoms with E-state index in [0.717, 1.165) is 12.8 Å². The first-order valence-corrected chi connectivity index (χ1v) is 8.65. The Balaban J connectivity index is 1.85. The molecule has 2 nitrogen and oxygen atoms in total. The van der Waals surface area contributed by atoms with Crippen LogP contribution in [0.2, 0.25) is 0 Å². The molecule has 1 rings (SSSR count). The Bertz CT molecular complexity index is 305. The molecule has 0 saturated carbocycles. The van der Waals surface area contributed by atoms with Crippen LogP contribution in [0.25, 0.3) is 0 Å². The number of unbranched alkanes of at least 4 members (excludes halogenated alkanes) is 8. The minimum atomic E-state index is -0.656. The largest absolute Gasteiger partial charge is 0.481 e. The molecule has 0 aromatic carbocycles. The highest BCUT2D eigenvalue weighted by Crippen LogP contribution is 2.38. The summed E-state index contributed by atoms with van der Waals surface area (Å²) in [7, 11) is 0. The summed E-state index contributed by atoms with van der Waals surface area (Å²) in [4.78, 5) is 10.4. The van der Waals surface area contributed by atoms with E-state index in [1.54, 1.807) is 11.1 Å². The summed E-state index contributed by atoms with van der Waals surface area (Å²) in [6, 6.07) is 0. The zero-order valence-electron chi connectivity index (χ0n) is 13.3. The van der Waals surface area contributed by atoms with Crippen molar-refractivity contribution in [3.05, 3.63) is 11.1 Å². The van der Waals surface area contributed by atoms with Gasteiger partial charge in [0.05, 0.1) is 0 Å². The van der Waals surface area contributed by atoms with Gasteiger partial charge in [-0.1, -0.05) is 63.0 Å². The number of aliphatic carboxylic acids is 1. The fourth-order valence-corrected chi connectivity index (χ4v) is 2.83. The van der Waals surface area contributed by atoms with Gasteiger partial charge in [-0.15, -0.1) is 0 Å². The molecule has 0 aliphatic heterocycles. The van der Waals surface area contributed by atoms with Gasteiger partial charge in [-0.05, 0) is 38.5 Å². The maximum atomic E-state index is 10.4.